The van der Waals surface area contributed by atoms with Crippen molar-refractivity contribution < 1.29 is 42.1 Å². The lowest BCUT2D eigenvalue weighted by Crippen LogP contribution is -2.37. The first-order valence-corrected chi connectivity index (χ1v) is 25.1. The van der Waals surface area contributed by atoms with Crippen molar-refractivity contribution in [2.45, 2.75) is 187 Å². The van der Waals surface area contributed by atoms with Crippen LogP contribution in [0.4, 0.5) is 0 Å². The molecule has 0 amide bonds. The van der Waals surface area contributed by atoms with Gasteiger partial charge >= 0.3 is 11.9 Å². The number of phosphoric acid groups is 1. The van der Waals surface area contributed by atoms with E-state index in [1.165, 1.54) is 64.2 Å². The minimum absolute atomic E-state index is 0.0388. The normalized spacial score (nSPS) is 14.2. The van der Waals surface area contributed by atoms with Crippen molar-refractivity contribution in [1.82, 2.24) is 0 Å². The summed E-state index contributed by atoms with van der Waals surface area (Å²) in [7, 11) is 1.14. The number of hydrogen-bond acceptors (Lipinski definition) is 8. The summed E-state index contributed by atoms with van der Waals surface area (Å²) < 4.78 is 33.9. The van der Waals surface area contributed by atoms with Gasteiger partial charge in [0.1, 0.15) is 19.8 Å². The predicted molar refractivity (Wildman–Crippen MR) is 249 cm³/mol. The second-order valence-electron chi connectivity index (χ2n) is 16.7. The average Bonchev–Trinajstić information content (AvgIpc) is 3.20. The molecule has 0 aliphatic carbocycles. The highest BCUT2D eigenvalue weighted by Gasteiger charge is 2.21. The summed E-state index contributed by atoms with van der Waals surface area (Å²) >= 11 is 0. The molecule has 0 aliphatic rings. The Labute approximate surface area is 368 Å². The van der Waals surface area contributed by atoms with Crippen LogP contribution in [0.2, 0.25) is 0 Å². The largest absolute Gasteiger partial charge is 0.756 e. The Morgan fingerprint density at radius 1 is 0.533 bits per heavy atom. The topological polar surface area (TPSA) is 111 Å². The molecule has 60 heavy (non-hydrogen) atoms. The number of phosphoric ester groups is 1. The van der Waals surface area contributed by atoms with Crippen LogP contribution in [0.15, 0.2) is 72.9 Å². The summed E-state index contributed by atoms with van der Waals surface area (Å²) in [4.78, 5) is 37.6. The number of carbonyl (C=O) groups excluding carboxylic acids is 2. The van der Waals surface area contributed by atoms with Gasteiger partial charge in [-0.3, -0.25) is 14.2 Å². The third kappa shape index (κ3) is 45.0. The van der Waals surface area contributed by atoms with Crippen LogP contribution in [0.1, 0.15) is 181 Å². The Balaban J connectivity index is 4.37. The van der Waals surface area contributed by atoms with E-state index in [4.69, 9.17) is 18.5 Å². The smallest absolute Gasteiger partial charge is 0.306 e. The van der Waals surface area contributed by atoms with Gasteiger partial charge in [-0.1, -0.05) is 177 Å². The maximum atomic E-state index is 12.7. The van der Waals surface area contributed by atoms with Crippen LogP contribution in [-0.4, -0.2) is 70.0 Å². The van der Waals surface area contributed by atoms with Crippen molar-refractivity contribution in [1.29, 1.82) is 0 Å². The molecule has 0 aromatic carbocycles. The number of nitrogens with zero attached hydrogens (tertiary/aromatic N) is 1. The van der Waals surface area contributed by atoms with E-state index < -0.39 is 32.5 Å². The molecule has 0 fully saturated rings. The maximum Gasteiger partial charge on any atom is 0.306 e. The van der Waals surface area contributed by atoms with Gasteiger partial charge in [0.15, 0.2) is 6.10 Å². The third-order valence-electron chi connectivity index (χ3n) is 9.74. The summed E-state index contributed by atoms with van der Waals surface area (Å²) in [5.41, 5.74) is 0. The Morgan fingerprint density at radius 2 is 0.950 bits per heavy atom. The molecule has 0 bridgehead atoms. The molecule has 2 unspecified atom stereocenters. The zero-order chi connectivity index (χ0) is 44.3. The zero-order valence-electron chi connectivity index (χ0n) is 38.9. The second kappa shape index (κ2) is 41.8. The molecule has 0 saturated carbocycles. The minimum Gasteiger partial charge on any atom is -0.756 e. The fourth-order valence-electron chi connectivity index (χ4n) is 6.07. The van der Waals surface area contributed by atoms with Gasteiger partial charge in [0.2, 0.25) is 0 Å². The molecule has 0 heterocycles. The molecule has 0 spiro atoms. The van der Waals surface area contributed by atoms with Crippen LogP contribution in [0.3, 0.4) is 0 Å². The van der Waals surface area contributed by atoms with Gasteiger partial charge in [0, 0.05) is 12.8 Å². The Morgan fingerprint density at radius 3 is 1.42 bits per heavy atom. The number of esters is 2. The summed E-state index contributed by atoms with van der Waals surface area (Å²) in [5, 5.41) is 0. The van der Waals surface area contributed by atoms with Crippen LogP contribution < -0.4 is 4.89 Å². The fourth-order valence-corrected chi connectivity index (χ4v) is 6.80. The highest BCUT2D eigenvalue weighted by Crippen LogP contribution is 2.38. The summed E-state index contributed by atoms with van der Waals surface area (Å²) in [6, 6.07) is 0. The molecule has 0 rings (SSSR count). The van der Waals surface area contributed by atoms with E-state index in [0.29, 0.717) is 17.4 Å². The van der Waals surface area contributed by atoms with Gasteiger partial charge in [-0.2, -0.15) is 0 Å². The molecule has 0 aromatic rings. The van der Waals surface area contributed by atoms with Gasteiger partial charge in [0.05, 0.1) is 27.7 Å². The Bertz CT molecular complexity index is 1250. The molecule has 346 valence electrons. The second-order valence-corrected chi connectivity index (χ2v) is 18.2. The Hall–Kier alpha value is -2.55. The van der Waals surface area contributed by atoms with Crippen molar-refractivity contribution in [2.75, 3.05) is 47.5 Å². The standard InChI is InChI=1S/C50H88NO8P/c1-6-8-10-12-14-16-18-20-21-22-23-24-25-26-27-28-29-31-33-35-37-39-41-43-50(53)59-48(47-58-60(54,55)57-45-44-51(3,4)5)46-56-49(52)42-40-38-36-34-32-30-19-17-15-13-11-9-7-2/h8,10,14,16,20-21,23-24,26-27,29,31,48H,6-7,9,11-13,15,17-19,22,25,28,30,32-47H2,1-5H3/b10-8-,16-14-,21-20-,24-23-,27-26-,31-29-. The predicted octanol–water partition coefficient (Wildman–Crippen LogP) is 13.2. The van der Waals surface area contributed by atoms with Crippen molar-refractivity contribution in [3.63, 3.8) is 0 Å². The molecular formula is C50H88NO8P. The zero-order valence-corrected chi connectivity index (χ0v) is 39.8. The van der Waals surface area contributed by atoms with Gasteiger partial charge in [-0.25, -0.2) is 0 Å². The van der Waals surface area contributed by atoms with Gasteiger partial charge in [-0.15, -0.1) is 0 Å². The van der Waals surface area contributed by atoms with E-state index >= 15 is 0 Å². The highest BCUT2D eigenvalue weighted by molar-refractivity contribution is 7.45. The third-order valence-corrected chi connectivity index (χ3v) is 10.7. The van der Waals surface area contributed by atoms with Crippen molar-refractivity contribution in [3.8, 4) is 0 Å². The molecule has 0 radical (unpaired) electrons. The summed E-state index contributed by atoms with van der Waals surface area (Å²) in [5.74, 6) is -0.865. The lowest BCUT2D eigenvalue weighted by Gasteiger charge is -2.28. The van der Waals surface area contributed by atoms with E-state index in [1.807, 2.05) is 21.1 Å². The average molecular weight is 862 g/mol. The SMILES string of the molecule is CC/C=C\C/C=C\C/C=C\C/C=C\C/C=C\C/C=C\CCCCCCC(=O)OC(COC(=O)CCCCCCCCCCCCCCC)COP(=O)([O-])OCC[N+](C)(C)C. The summed E-state index contributed by atoms with van der Waals surface area (Å²) in [6.07, 6.45) is 52.1. The molecule has 2 atom stereocenters. The van der Waals surface area contributed by atoms with Gasteiger partial charge < -0.3 is 27.9 Å². The molecule has 10 heteroatoms. The van der Waals surface area contributed by atoms with Crippen LogP contribution in [0.5, 0.6) is 0 Å². The highest BCUT2D eigenvalue weighted by atomic mass is 31.2. The van der Waals surface area contributed by atoms with E-state index in [-0.39, 0.29) is 26.1 Å². The lowest BCUT2D eigenvalue weighted by molar-refractivity contribution is -0.870. The monoisotopic (exact) mass is 862 g/mol. The van der Waals surface area contributed by atoms with Crippen molar-refractivity contribution in [3.05, 3.63) is 72.9 Å². The van der Waals surface area contributed by atoms with Crippen molar-refractivity contribution >= 4 is 19.8 Å². The maximum absolute atomic E-state index is 12.7. The number of ether oxygens (including phenoxy) is 2. The quantitative estimate of drug-likeness (QED) is 0.0196. The van der Waals surface area contributed by atoms with E-state index in [2.05, 4.69) is 86.8 Å². The molecule has 0 aromatic heterocycles. The molecule has 0 N–H and O–H groups in total. The van der Waals surface area contributed by atoms with Gasteiger partial charge in [0.25, 0.3) is 7.82 Å². The summed E-state index contributed by atoms with van der Waals surface area (Å²) in [6.45, 7) is 4.08. The van der Waals surface area contributed by atoms with E-state index in [0.717, 1.165) is 83.5 Å². The molecule has 0 saturated heterocycles. The molecule has 9 nitrogen and oxygen atoms in total. The first-order valence-electron chi connectivity index (χ1n) is 23.6. The van der Waals surface area contributed by atoms with Crippen LogP contribution in [0.25, 0.3) is 0 Å². The number of hydrogen-bond donors (Lipinski definition) is 0. The number of allylic oxidation sites excluding steroid dienone is 12. The van der Waals surface area contributed by atoms with Gasteiger partial charge in [-0.05, 0) is 64.2 Å². The Kier molecular flexibility index (Phi) is 40.0. The minimum atomic E-state index is -4.64. The fraction of sp³-hybridized carbons (Fsp3) is 0.720. The number of likely N-dealkylation sites (N-methyl/N-ethyl adjacent to an activating group) is 1. The molecule has 0 aliphatic heterocycles. The molecular weight excluding hydrogens is 774 g/mol. The van der Waals surface area contributed by atoms with Crippen molar-refractivity contribution in [2.24, 2.45) is 0 Å². The van der Waals surface area contributed by atoms with E-state index in [1.54, 1.807) is 0 Å². The number of rotatable bonds is 42. The van der Waals surface area contributed by atoms with Crippen LogP contribution in [0, 0.1) is 0 Å². The van der Waals surface area contributed by atoms with E-state index in [9.17, 15) is 19.0 Å². The van der Waals surface area contributed by atoms with Crippen LogP contribution >= 0.6 is 7.82 Å². The number of carbonyl (C=O) groups is 2. The lowest BCUT2D eigenvalue weighted by atomic mass is 10.0. The first kappa shape index (κ1) is 57.4. The first-order chi connectivity index (χ1) is 29.0. The number of quaternary nitrogens is 1. The number of unbranched alkanes of at least 4 members (excludes halogenated alkanes) is 16. The van der Waals surface area contributed by atoms with Crippen LogP contribution in [-0.2, 0) is 32.7 Å².